The van der Waals surface area contributed by atoms with Gasteiger partial charge in [0.05, 0.1) is 23.2 Å². The van der Waals surface area contributed by atoms with Gasteiger partial charge in [-0.05, 0) is 39.0 Å². The maximum absolute atomic E-state index is 11.9. The predicted molar refractivity (Wildman–Crippen MR) is 77.4 cm³/mol. The molecule has 0 aliphatic rings. The van der Waals surface area contributed by atoms with Gasteiger partial charge in [-0.15, -0.1) is 0 Å². The second-order valence-corrected chi connectivity index (χ2v) is 8.16. The van der Waals surface area contributed by atoms with Crippen LogP contribution in [0.1, 0.15) is 31.1 Å². The SMILES string of the molecule is COc1ccc(OCCS(=O)(=O)C(C)(C)C)c(C=O)c1. The minimum Gasteiger partial charge on any atom is -0.497 e. The maximum Gasteiger partial charge on any atom is 0.158 e. The van der Waals surface area contributed by atoms with E-state index < -0.39 is 14.6 Å². The van der Waals surface area contributed by atoms with Crippen molar-refractivity contribution in [3.05, 3.63) is 23.8 Å². The lowest BCUT2D eigenvalue weighted by molar-refractivity contribution is 0.111. The van der Waals surface area contributed by atoms with E-state index in [1.54, 1.807) is 39.0 Å². The van der Waals surface area contributed by atoms with E-state index >= 15 is 0 Å². The van der Waals surface area contributed by atoms with Crippen molar-refractivity contribution >= 4 is 16.1 Å². The lowest BCUT2D eigenvalue weighted by Gasteiger charge is -2.19. The molecule has 1 aromatic rings. The molecule has 0 saturated heterocycles. The molecular formula is C14H20O5S. The van der Waals surface area contributed by atoms with Gasteiger partial charge in [0.25, 0.3) is 0 Å². The summed E-state index contributed by atoms with van der Waals surface area (Å²) in [5, 5.41) is 0. The van der Waals surface area contributed by atoms with Gasteiger partial charge < -0.3 is 9.47 Å². The summed E-state index contributed by atoms with van der Waals surface area (Å²) in [7, 11) is -1.74. The molecule has 0 atom stereocenters. The Hall–Kier alpha value is -1.56. The normalized spacial score (nSPS) is 12.0. The molecule has 0 radical (unpaired) electrons. The van der Waals surface area contributed by atoms with Crippen molar-refractivity contribution in [2.75, 3.05) is 19.5 Å². The van der Waals surface area contributed by atoms with Crippen LogP contribution in [0.4, 0.5) is 0 Å². The number of ether oxygens (including phenoxy) is 2. The molecule has 0 aliphatic carbocycles. The molecule has 20 heavy (non-hydrogen) atoms. The molecule has 1 rings (SSSR count). The summed E-state index contributed by atoms with van der Waals surface area (Å²) >= 11 is 0. The summed E-state index contributed by atoms with van der Waals surface area (Å²) in [6.45, 7) is 4.94. The van der Waals surface area contributed by atoms with Crippen LogP contribution in [0.2, 0.25) is 0 Å². The summed E-state index contributed by atoms with van der Waals surface area (Å²) in [6.07, 6.45) is 0.649. The van der Waals surface area contributed by atoms with Crippen LogP contribution in [0, 0.1) is 0 Å². The topological polar surface area (TPSA) is 69.7 Å². The van der Waals surface area contributed by atoms with E-state index in [9.17, 15) is 13.2 Å². The quantitative estimate of drug-likeness (QED) is 0.752. The van der Waals surface area contributed by atoms with Crippen molar-refractivity contribution in [3.8, 4) is 11.5 Å². The van der Waals surface area contributed by atoms with Gasteiger partial charge in [0.2, 0.25) is 0 Å². The van der Waals surface area contributed by atoms with Crippen LogP contribution in [0.15, 0.2) is 18.2 Å². The Morgan fingerprint density at radius 2 is 1.90 bits per heavy atom. The number of aldehydes is 1. The van der Waals surface area contributed by atoms with Gasteiger partial charge in [-0.2, -0.15) is 0 Å². The molecule has 0 saturated carbocycles. The Kier molecular flexibility index (Phi) is 5.16. The molecular weight excluding hydrogens is 280 g/mol. The first-order valence-corrected chi connectivity index (χ1v) is 7.85. The van der Waals surface area contributed by atoms with Crippen LogP contribution in [-0.2, 0) is 9.84 Å². The molecule has 6 heteroatoms. The van der Waals surface area contributed by atoms with Gasteiger partial charge in [0.1, 0.15) is 18.1 Å². The summed E-state index contributed by atoms with van der Waals surface area (Å²) in [4.78, 5) is 11.0. The fourth-order valence-electron chi connectivity index (χ4n) is 1.44. The number of carbonyl (C=O) groups excluding carboxylic acids is 1. The zero-order valence-electron chi connectivity index (χ0n) is 12.2. The summed E-state index contributed by atoms with van der Waals surface area (Å²) in [5.41, 5.74) is 0.331. The van der Waals surface area contributed by atoms with Gasteiger partial charge in [0, 0.05) is 0 Å². The molecule has 1 aromatic carbocycles. The summed E-state index contributed by atoms with van der Waals surface area (Å²) in [5.74, 6) is 0.799. The Morgan fingerprint density at radius 1 is 1.25 bits per heavy atom. The highest BCUT2D eigenvalue weighted by molar-refractivity contribution is 7.92. The third-order valence-corrected chi connectivity index (χ3v) is 5.46. The monoisotopic (exact) mass is 300 g/mol. The molecule has 0 heterocycles. The number of sulfone groups is 1. The van der Waals surface area contributed by atoms with E-state index in [4.69, 9.17) is 9.47 Å². The van der Waals surface area contributed by atoms with Crippen LogP contribution in [0.25, 0.3) is 0 Å². The fraction of sp³-hybridized carbons (Fsp3) is 0.500. The lowest BCUT2D eigenvalue weighted by atomic mass is 10.2. The van der Waals surface area contributed by atoms with Crippen LogP contribution in [0.3, 0.4) is 0 Å². The fourth-order valence-corrected chi connectivity index (χ4v) is 2.36. The van der Waals surface area contributed by atoms with Crippen LogP contribution >= 0.6 is 0 Å². The van der Waals surface area contributed by atoms with E-state index in [2.05, 4.69) is 0 Å². The Balaban J connectivity index is 2.74. The average Bonchev–Trinajstić information content (AvgIpc) is 2.37. The molecule has 0 amide bonds. The number of benzene rings is 1. The molecule has 0 spiro atoms. The first-order valence-electron chi connectivity index (χ1n) is 6.19. The van der Waals surface area contributed by atoms with Gasteiger partial charge in [-0.25, -0.2) is 8.42 Å². The molecule has 112 valence electrons. The van der Waals surface area contributed by atoms with Crippen LogP contribution in [-0.4, -0.2) is 38.9 Å². The molecule has 0 aliphatic heterocycles. The second kappa shape index (κ2) is 6.26. The van der Waals surface area contributed by atoms with E-state index in [-0.39, 0.29) is 12.4 Å². The summed E-state index contributed by atoms with van der Waals surface area (Å²) in [6, 6.07) is 4.79. The highest BCUT2D eigenvalue weighted by Gasteiger charge is 2.28. The lowest BCUT2D eigenvalue weighted by Crippen LogP contribution is -2.32. The van der Waals surface area contributed by atoms with Gasteiger partial charge in [0.15, 0.2) is 16.1 Å². The largest absolute Gasteiger partial charge is 0.497 e. The molecule has 0 aromatic heterocycles. The first-order chi connectivity index (χ1) is 9.21. The van der Waals surface area contributed by atoms with E-state index in [1.807, 2.05) is 0 Å². The predicted octanol–water partition coefficient (Wildman–Crippen LogP) is 2.10. The highest BCUT2D eigenvalue weighted by Crippen LogP contribution is 2.23. The maximum atomic E-state index is 11.9. The zero-order chi connectivity index (χ0) is 15.4. The highest BCUT2D eigenvalue weighted by atomic mass is 32.2. The average molecular weight is 300 g/mol. The van der Waals surface area contributed by atoms with Crippen LogP contribution < -0.4 is 9.47 Å². The standard InChI is InChI=1S/C14H20O5S/c1-14(2,3)20(16,17)8-7-19-13-6-5-12(18-4)9-11(13)10-15/h5-6,9-10H,7-8H2,1-4H3. The Morgan fingerprint density at radius 3 is 2.40 bits per heavy atom. The number of methoxy groups -OCH3 is 1. The molecule has 5 nitrogen and oxygen atoms in total. The van der Waals surface area contributed by atoms with Crippen molar-refractivity contribution in [1.82, 2.24) is 0 Å². The number of hydrogen-bond acceptors (Lipinski definition) is 5. The molecule has 0 bridgehead atoms. The first kappa shape index (κ1) is 16.5. The van der Waals surface area contributed by atoms with Crippen LogP contribution in [0.5, 0.6) is 11.5 Å². The molecule has 0 N–H and O–H groups in total. The zero-order valence-corrected chi connectivity index (χ0v) is 13.0. The van der Waals surface area contributed by atoms with Gasteiger partial charge >= 0.3 is 0 Å². The minimum absolute atomic E-state index is 0.00672. The van der Waals surface area contributed by atoms with Crippen molar-refractivity contribution < 1.29 is 22.7 Å². The van der Waals surface area contributed by atoms with Crippen molar-refractivity contribution in [1.29, 1.82) is 0 Å². The van der Waals surface area contributed by atoms with E-state index in [0.717, 1.165) is 0 Å². The van der Waals surface area contributed by atoms with Crippen molar-refractivity contribution in [2.45, 2.75) is 25.5 Å². The minimum atomic E-state index is -3.24. The molecule has 0 fully saturated rings. The van der Waals surface area contributed by atoms with E-state index in [1.165, 1.54) is 7.11 Å². The third kappa shape index (κ3) is 3.96. The Bertz CT molecular complexity index is 570. The van der Waals surface area contributed by atoms with Crippen molar-refractivity contribution in [3.63, 3.8) is 0 Å². The summed E-state index contributed by atoms with van der Waals surface area (Å²) < 4.78 is 33.4. The van der Waals surface area contributed by atoms with E-state index in [0.29, 0.717) is 23.3 Å². The Labute approximate surface area is 119 Å². The number of carbonyl (C=O) groups is 1. The molecule has 0 unspecified atom stereocenters. The smallest absolute Gasteiger partial charge is 0.158 e. The van der Waals surface area contributed by atoms with Gasteiger partial charge in [-0.1, -0.05) is 0 Å². The van der Waals surface area contributed by atoms with Gasteiger partial charge in [-0.3, -0.25) is 4.79 Å². The number of rotatable bonds is 6. The van der Waals surface area contributed by atoms with Crippen molar-refractivity contribution in [2.24, 2.45) is 0 Å². The third-order valence-electron chi connectivity index (χ3n) is 2.89. The number of hydrogen-bond donors (Lipinski definition) is 0. The second-order valence-electron chi connectivity index (χ2n) is 5.30.